The number of alkyl halides is 3. The average molecular weight is 351 g/mol. The number of carbonyl (C=O) groups is 1. The standard InChI is InChI=1S/C15H18BrF3O/c1-3-5-6-10(4-2)14(20)11-7-8-13(16)12(9-11)15(17,18)19/h7-10H,3-6H2,1-2H3. The quantitative estimate of drug-likeness (QED) is 0.586. The monoisotopic (exact) mass is 350 g/mol. The summed E-state index contributed by atoms with van der Waals surface area (Å²) >= 11 is 2.88. The first-order chi connectivity index (χ1) is 9.31. The molecule has 0 amide bonds. The molecule has 112 valence electrons. The van der Waals surface area contributed by atoms with Gasteiger partial charge in [0.1, 0.15) is 0 Å². The van der Waals surface area contributed by atoms with Gasteiger partial charge in [0.25, 0.3) is 0 Å². The summed E-state index contributed by atoms with van der Waals surface area (Å²) in [5, 5.41) is 0. The Bertz CT molecular complexity index is 469. The van der Waals surface area contributed by atoms with Crippen LogP contribution in [0.1, 0.15) is 55.5 Å². The Labute approximate surface area is 125 Å². The molecule has 1 aromatic carbocycles. The van der Waals surface area contributed by atoms with Gasteiger partial charge in [0.15, 0.2) is 5.78 Å². The average Bonchev–Trinajstić information content (AvgIpc) is 2.38. The zero-order valence-corrected chi connectivity index (χ0v) is 13.1. The maximum absolute atomic E-state index is 12.8. The van der Waals surface area contributed by atoms with Gasteiger partial charge in [-0.3, -0.25) is 4.79 Å². The molecule has 0 saturated heterocycles. The van der Waals surface area contributed by atoms with Crippen LogP contribution < -0.4 is 0 Å². The van der Waals surface area contributed by atoms with Crippen molar-refractivity contribution in [1.29, 1.82) is 0 Å². The Balaban J connectivity index is 3.04. The van der Waals surface area contributed by atoms with Crippen LogP contribution in [0.5, 0.6) is 0 Å². The zero-order chi connectivity index (χ0) is 15.3. The summed E-state index contributed by atoms with van der Waals surface area (Å²) in [6, 6.07) is 3.69. The normalized spacial score (nSPS) is 13.3. The summed E-state index contributed by atoms with van der Waals surface area (Å²) in [4.78, 5) is 12.3. The number of halogens is 4. The predicted molar refractivity (Wildman–Crippen MR) is 76.8 cm³/mol. The molecule has 0 radical (unpaired) electrons. The van der Waals surface area contributed by atoms with Gasteiger partial charge in [-0.25, -0.2) is 0 Å². The van der Waals surface area contributed by atoms with Crippen molar-refractivity contribution in [2.75, 3.05) is 0 Å². The van der Waals surface area contributed by atoms with Crippen LogP contribution in [0.2, 0.25) is 0 Å². The number of unbranched alkanes of at least 4 members (excludes halogenated alkanes) is 1. The minimum Gasteiger partial charge on any atom is -0.294 e. The second-order valence-corrected chi connectivity index (χ2v) is 5.66. The Hall–Kier alpha value is -0.840. The van der Waals surface area contributed by atoms with Gasteiger partial charge >= 0.3 is 6.18 Å². The van der Waals surface area contributed by atoms with Crippen LogP contribution in [-0.2, 0) is 6.18 Å². The van der Waals surface area contributed by atoms with Crippen LogP contribution >= 0.6 is 15.9 Å². The number of rotatable bonds is 6. The molecule has 0 fully saturated rings. The largest absolute Gasteiger partial charge is 0.417 e. The molecule has 0 aliphatic heterocycles. The van der Waals surface area contributed by atoms with Crippen LogP contribution in [-0.4, -0.2) is 5.78 Å². The molecule has 1 rings (SSSR count). The topological polar surface area (TPSA) is 17.1 Å². The van der Waals surface area contributed by atoms with Gasteiger partial charge in [0, 0.05) is 16.0 Å². The lowest BCUT2D eigenvalue weighted by Gasteiger charge is -2.15. The van der Waals surface area contributed by atoms with E-state index in [1.165, 1.54) is 12.1 Å². The number of carbonyl (C=O) groups excluding carboxylic acids is 1. The first-order valence-electron chi connectivity index (χ1n) is 6.72. The maximum Gasteiger partial charge on any atom is 0.417 e. The minimum absolute atomic E-state index is 0.0387. The molecule has 1 atom stereocenters. The maximum atomic E-state index is 12.8. The number of benzene rings is 1. The minimum atomic E-state index is -4.46. The summed E-state index contributed by atoms with van der Waals surface area (Å²) in [6.07, 6.45) is -1.20. The molecule has 0 bridgehead atoms. The Morgan fingerprint density at radius 3 is 2.45 bits per heavy atom. The van der Waals surface area contributed by atoms with E-state index in [0.29, 0.717) is 6.42 Å². The van der Waals surface area contributed by atoms with E-state index < -0.39 is 11.7 Å². The van der Waals surface area contributed by atoms with Crippen LogP contribution in [0.3, 0.4) is 0 Å². The third-order valence-electron chi connectivity index (χ3n) is 3.33. The highest BCUT2D eigenvalue weighted by atomic mass is 79.9. The molecule has 0 aliphatic rings. The van der Waals surface area contributed by atoms with E-state index in [-0.39, 0.29) is 21.7 Å². The Morgan fingerprint density at radius 1 is 1.30 bits per heavy atom. The molecule has 20 heavy (non-hydrogen) atoms. The lowest BCUT2D eigenvalue weighted by molar-refractivity contribution is -0.138. The van der Waals surface area contributed by atoms with Crippen molar-refractivity contribution < 1.29 is 18.0 Å². The van der Waals surface area contributed by atoms with Crippen LogP contribution in [0.15, 0.2) is 22.7 Å². The van der Waals surface area contributed by atoms with Gasteiger partial charge in [-0.2, -0.15) is 13.2 Å². The number of hydrogen-bond donors (Lipinski definition) is 0. The van der Waals surface area contributed by atoms with Crippen LogP contribution in [0, 0.1) is 5.92 Å². The first-order valence-corrected chi connectivity index (χ1v) is 7.51. The molecule has 0 aromatic heterocycles. The van der Waals surface area contributed by atoms with Gasteiger partial charge < -0.3 is 0 Å². The van der Waals surface area contributed by atoms with E-state index in [1.54, 1.807) is 0 Å². The molecular formula is C15H18BrF3O. The number of hydrogen-bond acceptors (Lipinski definition) is 1. The molecule has 0 heterocycles. The van der Waals surface area contributed by atoms with Crippen LogP contribution in [0.25, 0.3) is 0 Å². The highest BCUT2D eigenvalue weighted by molar-refractivity contribution is 9.10. The van der Waals surface area contributed by atoms with Crippen molar-refractivity contribution in [1.82, 2.24) is 0 Å². The molecule has 0 N–H and O–H groups in total. The fourth-order valence-electron chi connectivity index (χ4n) is 2.10. The highest BCUT2D eigenvalue weighted by Gasteiger charge is 2.34. The Morgan fingerprint density at radius 2 is 1.95 bits per heavy atom. The van der Waals surface area contributed by atoms with E-state index in [1.807, 2.05) is 13.8 Å². The molecule has 0 spiro atoms. The van der Waals surface area contributed by atoms with E-state index in [2.05, 4.69) is 15.9 Å². The lowest BCUT2D eigenvalue weighted by Crippen LogP contribution is -2.16. The molecular weight excluding hydrogens is 333 g/mol. The van der Waals surface area contributed by atoms with Crippen molar-refractivity contribution in [2.24, 2.45) is 5.92 Å². The van der Waals surface area contributed by atoms with Gasteiger partial charge in [0.05, 0.1) is 5.56 Å². The highest BCUT2D eigenvalue weighted by Crippen LogP contribution is 2.36. The van der Waals surface area contributed by atoms with E-state index >= 15 is 0 Å². The summed E-state index contributed by atoms with van der Waals surface area (Å²) in [7, 11) is 0. The first kappa shape index (κ1) is 17.2. The van der Waals surface area contributed by atoms with Gasteiger partial charge in [-0.05, 0) is 25.0 Å². The summed E-state index contributed by atoms with van der Waals surface area (Å²) in [5.74, 6) is -0.392. The molecule has 0 aliphatic carbocycles. The van der Waals surface area contributed by atoms with Crippen molar-refractivity contribution in [3.63, 3.8) is 0 Å². The second-order valence-electron chi connectivity index (χ2n) is 4.80. The Kier molecular flexibility index (Phi) is 6.24. The second kappa shape index (κ2) is 7.25. The van der Waals surface area contributed by atoms with Gasteiger partial charge in [-0.15, -0.1) is 0 Å². The summed E-state index contributed by atoms with van der Waals surface area (Å²) in [6.45, 7) is 3.92. The van der Waals surface area contributed by atoms with Crippen molar-refractivity contribution in [3.05, 3.63) is 33.8 Å². The third kappa shape index (κ3) is 4.33. The van der Waals surface area contributed by atoms with Gasteiger partial charge in [0.2, 0.25) is 0 Å². The SMILES string of the molecule is CCCCC(CC)C(=O)c1ccc(Br)c(C(F)(F)F)c1. The van der Waals surface area contributed by atoms with Crippen LogP contribution in [0.4, 0.5) is 13.2 Å². The van der Waals surface area contributed by atoms with Crippen molar-refractivity contribution in [2.45, 2.75) is 45.7 Å². The molecule has 1 aromatic rings. The predicted octanol–water partition coefficient (Wildman–Crippen LogP) is 5.87. The fraction of sp³-hybridized carbons (Fsp3) is 0.533. The third-order valence-corrected chi connectivity index (χ3v) is 4.02. The lowest BCUT2D eigenvalue weighted by atomic mass is 9.90. The number of Topliss-reactive ketones (excluding diaryl/α,β-unsaturated/α-hetero) is 1. The molecule has 0 saturated carbocycles. The van der Waals surface area contributed by atoms with E-state index in [9.17, 15) is 18.0 Å². The molecule has 5 heteroatoms. The van der Waals surface area contributed by atoms with E-state index in [4.69, 9.17) is 0 Å². The van der Waals surface area contributed by atoms with Gasteiger partial charge in [-0.1, -0.05) is 48.7 Å². The van der Waals surface area contributed by atoms with Crippen molar-refractivity contribution >= 4 is 21.7 Å². The smallest absolute Gasteiger partial charge is 0.294 e. The summed E-state index contributed by atoms with van der Waals surface area (Å²) in [5.41, 5.74) is -0.655. The fourth-order valence-corrected chi connectivity index (χ4v) is 2.57. The van der Waals surface area contributed by atoms with E-state index in [0.717, 1.165) is 25.3 Å². The molecule has 1 nitrogen and oxygen atoms in total. The summed E-state index contributed by atoms with van der Waals surface area (Å²) < 4.78 is 38.5. The number of ketones is 1. The van der Waals surface area contributed by atoms with Crippen molar-refractivity contribution in [3.8, 4) is 0 Å². The zero-order valence-electron chi connectivity index (χ0n) is 11.6. The molecule has 1 unspecified atom stereocenters.